The molecule has 0 aliphatic carbocycles. The smallest absolute Gasteiger partial charge is 0.0696 e. The van der Waals surface area contributed by atoms with Gasteiger partial charge < -0.3 is 10.0 Å². The molecule has 0 bridgehead atoms. The van der Waals surface area contributed by atoms with Crippen molar-refractivity contribution in [2.24, 2.45) is 0 Å². The number of aliphatic hydroxyl groups excluding tert-OH is 1. The lowest BCUT2D eigenvalue weighted by molar-refractivity contribution is 0.282. The Kier molecular flexibility index (Phi) is 5.64. The Bertz CT molecular complexity index is 328. The van der Waals surface area contributed by atoms with Crippen LogP contribution in [0.25, 0.3) is 0 Å². The molecule has 2 nitrogen and oxygen atoms in total. The number of aliphatic hydroxyl groups is 1. The monoisotopic (exact) mass is 241 g/mol. The van der Waals surface area contributed by atoms with Crippen LogP contribution in [0.4, 0.5) is 5.69 Å². The van der Waals surface area contributed by atoms with E-state index in [1.165, 1.54) is 19.3 Å². The number of hydrogen-bond acceptors (Lipinski definition) is 2. The maximum Gasteiger partial charge on any atom is 0.0696 e. The maximum atomic E-state index is 9.02. The molecule has 90 valence electrons. The molecule has 1 N–H and O–H groups in total. The summed E-state index contributed by atoms with van der Waals surface area (Å²) in [6.45, 7) is 3.24. The van der Waals surface area contributed by atoms with E-state index in [9.17, 15) is 0 Å². The standard InChI is InChI=1S/C13H20ClNO/c1-3-4-5-8-15(2)12-7-6-11(10-16)13(14)9-12/h6-7,9,16H,3-5,8,10H2,1-2H3. The summed E-state index contributed by atoms with van der Waals surface area (Å²) >= 11 is 6.05. The van der Waals surface area contributed by atoms with Gasteiger partial charge in [-0.05, 0) is 24.1 Å². The van der Waals surface area contributed by atoms with Gasteiger partial charge in [0.05, 0.1) is 6.61 Å². The molecule has 0 aliphatic heterocycles. The molecular formula is C13H20ClNO. The van der Waals surface area contributed by atoms with Crippen LogP contribution in [0.1, 0.15) is 31.7 Å². The third kappa shape index (κ3) is 3.69. The lowest BCUT2D eigenvalue weighted by atomic mass is 10.2. The Labute approximate surface area is 103 Å². The number of hydrogen-bond donors (Lipinski definition) is 1. The second-order valence-corrected chi connectivity index (χ2v) is 4.47. The van der Waals surface area contributed by atoms with Crippen molar-refractivity contribution in [2.45, 2.75) is 32.8 Å². The third-order valence-corrected chi connectivity index (χ3v) is 3.10. The van der Waals surface area contributed by atoms with E-state index in [4.69, 9.17) is 16.7 Å². The SMILES string of the molecule is CCCCCN(C)c1ccc(CO)c(Cl)c1. The van der Waals surface area contributed by atoms with Crippen LogP contribution in [0.3, 0.4) is 0 Å². The Morgan fingerprint density at radius 3 is 2.62 bits per heavy atom. The van der Waals surface area contributed by atoms with Crippen LogP contribution in [0.5, 0.6) is 0 Å². The van der Waals surface area contributed by atoms with Crippen molar-refractivity contribution >= 4 is 17.3 Å². The van der Waals surface area contributed by atoms with Crippen LogP contribution < -0.4 is 4.90 Å². The quantitative estimate of drug-likeness (QED) is 0.771. The highest BCUT2D eigenvalue weighted by Crippen LogP contribution is 2.23. The fourth-order valence-electron chi connectivity index (χ4n) is 1.63. The van der Waals surface area contributed by atoms with Crippen LogP contribution in [0.2, 0.25) is 5.02 Å². The zero-order chi connectivity index (χ0) is 12.0. The zero-order valence-corrected chi connectivity index (χ0v) is 10.8. The van der Waals surface area contributed by atoms with Gasteiger partial charge in [0, 0.05) is 24.3 Å². The summed E-state index contributed by atoms with van der Waals surface area (Å²) in [4.78, 5) is 2.20. The van der Waals surface area contributed by atoms with Gasteiger partial charge in [0.25, 0.3) is 0 Å². The second kappa shape index (κ2) is 6.77. The van der Waals surface area contributed by atoms with Crippen LogP contribution in [-0.4, -0.2) is 18.7 Å². The zero-order valence-electron chi connectivity index (χ0n) is 10.0. The summed E-state index contributed by atoms with van der Waals surface area (Å²) < 4.78 is 0. The molecule has 16 heavy (non-hydrogen) atoms. The normalized spacial score (nSPS) is 10.5. The average molecular weight is 242 g/mol. The summed E-state index contributed by atoms with van der Waals surface area (Å²) in [5.74, 6) is 0. The Balaban J connectivity index is 2.62. The lowest BCUT2D eigenvalue weighted by Crippen LogP contribution is -2.18. The second-order valence-electron chi connectivity index (χ2n) is 4.06. The molecule has 0 heterocycles. The molecule has 0 radical (unpaired) electrons. The average Bonchev–Trinajstić information content (AvgIpc) is 2.29. The largest absolute Gasteiger partial charge is 0.392 e. The number of halogens is 1. The molecule has 0 fully saturated rings. The van der Waals surface area contributed by atoms with Crippen LogP contribution in [-0.2, 0) is 6.61 Å². The van der Waals surface area contributed by atoms with Crippen molar-refractivity contribution in [3.63, 3.8) is 0 Å². The van der Waals surface area contributed by atoms with E-state index < -0.39 is 0 Å². The van der Waals surface area contributed by atoms with E-state index in [1.54, 1.807) is 0 Å². The van der Waals surface area contributed by atoms with Gasteiger partial charge in [-0.1, -0.05) is 37.4 Å². The Hall–Kier alpha value is -0.730. The fourth-order valence-corrected chi connectivity index (χ4v) is 1.86. The summed E-state index contributed by atoms with van der Waals surface area (Å²) in [6.07, 6.45) is 3.69. The molecule has 0 atom stereocenters. The highest BCUT2D eigenvalue weighted by Gasteiger charge is 2.04. The molecule has 0 aromatic heterocycles. The first kappa shape index (κ1) is 13.3. The fraction of sp³-hybridized carbons (Fsp3) is 0.538. The van der Waals surface area contributed by atoms with Gasteiger partial charge in [0.2, 0.25) is 0 Å². The molecule has 1 aromatic rings. The van der Waals surface area contributed by atoms with E-state index >= 15 is 0 Å². The highest BCUT2D eigenvalue weighted by molar-refractivity contribution is 6.31. The summed E-state index contributed by atoms with van der Waals surface area (Å²) in [7, 11) is 2.07. The van der Waals surface area contributed by atoms with Crippen molar-refractivity contribution in [3.8, 4) is 0 Å². The Morgan fingerprint density at radius 2 is 2.06 bits per heavy atom. The minimum absolute atomic E-state index is 0.00133. The Morgan fingerprint density at radius 1 is 1.31 bits per heavy atom. The van der Waals surface area contributed by atoms with Crippen molar-refractivity contribution in [1.29, 1.82) is 0 Å². The van der Waals surface area contributed by atoms with Crippen molar-refractivity contribution in [3.05, 3.63) is 28.8 Å². The number of benzene rings is 1. The van der Waals surface area contributed by atoms with Crippen LogP contribution in [0, 0.1) is 0 Å². The molecule has 0 spiro atoms. The van der Waals surface area contributed by atoms with Gasteiger partial charge in [-0.25, -0.2) is 0 Å². The number of unbranched alkanes of at least 4 members (excludes halogenated alkanes) is 2. The van der Waals surface area contributed by atoms with Gasteiger partial charge in [-0.15, -0.1) is 0 Å². The van der Waals surface area contributed by atoms with E-state index in [-0.39, 0.29) is 6.61 Å². The third-order valence-electron chi connectivity index (χ3n) is 2.74. The lowest BCUT2D eigenvalue weighted by Gasteiger charge is -2.19. The van der Waals surface area contributed by atoms with Gasteiger partial charge in [-0.2, -0.15) is 0 Å². The maximum absolute atomic E-state index is 9.02. The minimum atomic E-state index is -0.00133. The molecule has 0 saturated carbocycles. The van der Waals surface area contributed by atoms with Crippen molar-refractivity contribution in [1.82, 2.24) is 0 Å². The van der Waals surface area contributed by atoms with Gasteiger partial charge in [-0.3, -0.25) is 0 Å². The first-order valence-electron chi connectivity index (χ1n) is 5.79. The predicted octanol–water partition coefficient (Wildman–Crippen LogP) is 3.46. The van der Waals surface area contributed by atoms with Crippen molar-refractivity contribution in [2.75, 3.05) is 18.5 Å². The summed E-state index contributed by atoms with van der Waals surface area (Å²) in [5, 5.41) is 9.66. The van der Waals surface area contributed by atoms with E-state index in [2.05, 4.69) is 18.9 Å². The van der Waals surface area contributed by atoms with E-state index in [0.717, 1.165) is 17.8 Å². The molecule has 0 saturated heterocycles. The first-order valence-corrected chi connectivity index (χ1v) is 6.17. The van der Waals surface area contributed by atoms with Crippen LogP contribution >= 0.6 is 11.6 Å². The first-order chi connectivity index (χ1) is 7.69. The molecule has 3 heteroatoms. The predicted molar refractivity (Wildman–Crippen MR) is 70.2 cm³/mol. The molecule has 1 aromatic carbocycles. The molecule has 0 aliphatic rings. The number of anilines is 1. The number of nitrogens with zero attached hydrogens (tertiary/aromatic N) is 1. The molecule has 1 rings (SSSR count). The van der Waals surface area contributed by atoms with Gasteiger partial charge in [0.1, 0.15) is 0 Å². The van der Waals surface area contributed by atoms with E-state index in [1.807, 2.05) is 18.2 Å². The number of rotatable bonds is 6. The summed E-state index contributed by atoms with van der Waals surface area (Å²) in [6, 6.07) is 5.80. The van der Waals surface area contributed by atoms with Crippen LogP contribution in [0.15, 0.2) is 18.2 Å². The molecular weight excluding hydrogens is 222 g/mol. The van der Waals surface area contributed by atoms with Crippen molar-refractivity contribution < 1.29 is 5.11 Å². The van der Waals surface area contributed by atoms with Gasteiger partial charge in [0.15, 0.2) is 0 Å². The topological polar surface area (TPSA) is 23.5 Å². The minimum Gasteiger partial charge on any atom is -0.392 e. The highest BCUT2D eigenvalue weighted by atomic mass is 35.5. The summed E-state index contributed by atoms with van der Waals surface area (Å²) in [5.41, 5.74) is 1.89. The molecule has 0 amide bonds. The van der Waals surface area contributed by atoms with Gasteiger partial charge >= 0.3 is 0 Å². The van der Waals surface area contributed by atoms with E-state index in [0.29, 0.717) is 5.02 Å². The molecule has 0 unspecified atom stereocenters.